The Bertz CT molecular complexity index is 882. The molecule has 29 heavy (non-hydrogen) atoms. The highest BCUT2D eigenvalue weighted by molar-refractivity contribution is 7.93. The molecule has 2 heterocycles. The van der Waals surface area contributed by atoms with Crippen molar-refractivity contribution in [3.8, 4) is 5.75 Å². The fourth-order valence-corrected chi connectivity index (χ4v) is 7.57. The predicted molar refractivity (Wildman–Crippen MR) is 115 cm³/mol. The summed E-state index contributed by atoms with van der Waals surface area (Å²) >= 11 is 0. The van der Waals surface area contributed by atoms with Crippen LogP contribution in [0.1, 0.15) is 27.2 Å². The molecule has 164 valence electrons. The zero-order chi connectivity index (χ0) is 21.2. The minimum Gasteiger partial charge on any atom is -0.493 e. The van der Waals surface area contributed by atoms with Crippen LogP contribution in [0.2, 0.25) is 0 Å². The summed E-state index contributed by atoms with van der Waals surface area (Å²) in [6.07, 6.45) is 1.21. The van der Waals surface area contributed by atoms with Crippen molar-refractivity contribution >= 4 is 19.7 Å². The summed E-state index contributed by atoms with van der Waals surface area (Å²) in [4.78, 5) is 2.73. The van der Waals surface area contributed by atoms with Gasteiger partial charge in [-0.1, -0.05) is 20.8 Å². The minimum atomic E-state index is -3.47. The maximum Gasteiger partial charge on any atom is 0.178 e. The van der Waals surface area contributed by atoms with Gasteiger partial charge in [0.25, 0.3) is 0 Å². The molecule has 6 nitrogen and oxygen atoms in total. The zero-order valence-electron chi connectivity index (χ0n) is 17.6. The minimum absolute atomic E-state index is 0.0266. The number of hydrogen-bond donors (Lipinski definition) is 0. The van der Waals surface area contributed by atoms with Gasteiger partial charge in [-0.3, -0.25) is 0 Å². The summed E-state index contributed by atoms with van der Waals surface area (Å²) in [7, 11) is -6.49. The second kappa shape index (κ2) is 8.94. The summed E-state index contributed by atoms with van der Waals surface area (Å²) in [5.74, 6) is 1.99. The molecule has 0 radical (unpaired) electrons. The first-order valence-electron chi connectivity index (χ1n) is 10.4. The number of ether oxygens (including phenoxy) is 1. The highest BCUT2D eigenvalue weighted by atomic mass is 32.2. The molecule has 2 aliphatic rings. The van der Waals surface area contributed by atoms with Crippen LogP contribution >= 0.6 is 0 Å². The first-order valence-corrected chi connectivity index (χ1v) is 13.9. The van der Waals surface area contributed by atoms with E-state index in [4.69, 9.17) is 4.74 Å². The van der Waals surface area contributed by atoms with Crippen molar-refractivity contribution in [1.82, 2.24) is 4.90 Å². The molecule has 2 atom stereocenters. The molecule has 2 fully saturated rings. The maximum atomic E-state index is 12.5. The third kappa shape index (κ3) is 6.18. The van der Waals surface area contributed by atoms with Crippen molar-refractivity contribution in [3.63, 3.8) is 0 Å². The summed E-state index contributed by atoms with van der Waals surface area (Å²) < 4.78 is 53.4. The Hall–Kier alpha value is -1.12. The molecule has 0 saturated carbocycles. The Labute approximate surface area is 175 Å². The first kappa shape index (κ1) is 22.6. The van der Waals surface area contributed by atoms with E-state index in [0.717, 1.165) is 19.6 Å². The first-order chi connectivity index (χ1) is 13.5. The number of nitrogens with zero attached hydrogens (tertiary/aromatic N) is 1. The third-order valence-electron chi connectivity index (χ3n) is 5.95. The topological polar surface area (TPSA) is 80.8 Å². The van der Waals surface area contributed by atoms with Gasteiger partial charge in [-0.05, 0) is 49.1 Å². The second-order valence-corrected chi connectivity index (χ2v) is 13.4. The Morgan fingerprint density at radius 3 is 2.38 bits per heavy atom. The van der Waals surface area contributed by atoms with Crippen LogP contribution in [-0.2, 0) is 19.7 Å². The average Bonchev–Trinajstić information content (AvgIpc) is 2.96. The molecule has 2 saturated heterocycles. The van der Waals surface area contributed by atoms with E-state index in [2.05, 4.69) is 25.7 Å². The summed E-state index contributed by atoms with van der Waals surface area (Å²) in [6.45, 7) is 10.7. The normalized spacial score (nSPS) is 25.2. The van der Waals surface area contributed by atoms with Gasteiger partial charge in [-0.2, -0.15) is 0 Å². The molecule has 0 aliphatic carbocycles. The Balaban J connectivity index is 1.49. The maximum absolute atomic E-state index is 12.5. The average molecular weight is 444 g/mol. The molecule has 3 rings (SSSR count). The van der Waals surface area contributed by atoms with Crippen molar-refractivity contribution in [2.24, 2.45) is 23.7 Å². The summed E-state index contributed by atoms with van der Waals surface area (Å²) in [5, 5.41) is 0. The molecular formula is C21H33NO5S2. The Morgan fingerprint density at radius 2 is 1.79 bits per heavy atom. The van der Waals surface area contributed by atoms with Crippen molar-refractivity contribution in [1.29, 1.82) is 0 Å². The van der Waals surface area contributed by atoms with Gasteiger partial charge in [-0.25, -0.2) is 16.8 Å². The Kier molecular flexibility index (Phi) is 6.95. The van der Waals surface area contributed by atoms with Crippen LogP contribution in [0.15, 0.2) is 29.2 Å². The highest BCUT2D eigenvalue weighted by Gasteiger charge is 2.37. The SMILES string of the molecule is CC(C)CCN1CC(C)C(COc2ccc(S(=O)(=O)CC3CS(=O)(=O)C3)cc2)C1. The fourth-order valence-electron chi connectivity index (χ4n) is 4.10. The lowest BCUT2D eigenvalue weighted by Gasteiger charge is -2.25. The van der Waals surface area contributed by atoms with Crippen LogP contribution in [-0.4, -0.2) is 65.2 Å². The van der Waals surface area contributed by atoms with Gasteiger partial charge in [0.05, 0.1) is 28.8 Å². The molecule has 8 heteroatoms. The van der Waals surface area contributed by atoms with Crippen molar-refractivity contribution in [2.75, 3.05) is 43.5 Å². The highest BCUT2D eigenvalue weighted by Crippen LogP contribution is 2.27. The lowest BCUT2D eigenvalue weighted by atomic mass is 9.99. The molecular weight excluding hydrogens is 410 g/mol. The van der Waals surface area contributed by atoms with E-state index in [1.165, 1.54) is 6.42 Å². The van der Waals surface area contributed by atoms with Crippen LogP contribution < -0.4 is 4.74 Å². The van der Waals surface area contributed by atoms with Gasteiger partial charge in [0.2, 0.25) is 0 Å². The summed E-state index contributed by atoms with van der Waals surface area (Å²) in [5.41, 5.74) is 0. The number of rotatable bonds is 9. The van der Waals surface area contributed by atoms with Gasteiger partial charge in [0, 0.05) is 24.9 Å². The van der Waals surface area contributed by atoms with E-state index in [1.807, 2.05) is 0 Å². The molecule has 0 bridgehead atoms. The second-order valence-electron chi connectivity index (χ2n) is 9.19. The van der Waals surface area contributed by atoms with Gasteiger partial charge in [0.1, 0.15) is 5.75 Å². The van der Waals surface area contributed by atoms with E-state index in [1.54, 1.807) is 24.3 Å². The standard InChI is InChI=1S/C21H33NO5S2/c1-16(2)8-9-22-10-17(3)19(11-22)12-27-20-4-6-21(7-5-20)29(25,26)15-18-13-28(23,24)14-18/h4-7,16-19H,8-15H2,1-3H3. The van der Waals surface area contributed by atoms with Crippen LogP contribution in [0, 0.1) is 23.7 Å². The monoisotopic (exact) mass is 443 g/mol. The van der Waals surface area contributed by atoms with Gasteiger partial charge >= 0.3 is 0 Å². The van der Waals surface area contributed by atoms with Crippen molar-refractivity contribution < 1.29 is 21.6 Å². The fraction of sp³-hybridized carbons (Fsp3) is 0.714. The zero-order valence-corrected chi connectivity index (χ0v) is 19.2. The van der Waals surface area contributed by atoms with Gasteiger partial charge < -0.3 is 9.64 Å². The van der Waals surface area contributed by atoms with Gasteiger partial charge in [-0.15, -0.1) is 0 Å². The van der Waals surface area contributed by atoms with E-state index in [9.17, 15) is 16.8 Å². The summed E-state index contributed by atoms with van der Waals surface area (Å²) in [6, 6.07) is 6.51. The number of sulfone groups is 2. The Morgan fingerprint density at radius 1 is 1.14 bits per heavy atom. The van der Waals surface area contributed by atoms with E-state index >= 15 is 0 Å². The van der Waals surface area contributed by atoms with E-state index < -0.39 is 19.7 Å². The van der Waals surface area contributed by atoms with Crippen molar-refractivity contribution in [2.45, 2.75) is 32.1 Å². The largest absolute Gasteiger partial charge is 0.493 e. The molecule has 0 amide bonds. The van der Waals surface area contributed by atoms with E-state index in [0.29, 0.717) is 30.1 Å². The molecule has 2 aliphatic heterocycles. The number of benzene rings is 1. The molecule has 0 N–H and O–H groups in total. The third-order valence-corrected chi connectivity index (χ3v) is 9.81. The molecule has 2 unspecified atom stereocenters. The van der Waals surface area contributed by atoms with Gasteiger partial charge in [0.15, 0.2) is 19.7 Å². The van der Waals surface area contributed by atoms with Crippen LogP contribution in [0.5, 0.6) is 5.75 Å². The van der Waals surface area contributed by atoms with E-state index in [-0.39, 0.29) is 28.1 Å². The molecule has 1 aromatic rings. The van der Waals surface area contributed by atoms with Crippen LogP contribution in [0.4, 0.5) is 0 Å². The lowest BCUT2D eigenvalue weighted by molar-refractivity contribution is 0.223. The molecule has 0 spiro atoms. The molecule has 1 aromatic carbocycles. The predicted octanol–water partition coefficient (Wildman–Crippen LogP) is 2.50. The molecule has 0 aromatic heterocycles. The number of hydrogen-bond acceptors (Lipinski definition) is 6. The number of likely N-dealkylation sites (tertiary alicyclic amines) is 1. The quantitative estimate of drug-likeness (QED) is 0.583. The smallest absolute Gasteiger partial charge is 0.178 e. The van der Waals surface area contributed by atoms with Crippen molar-refractivity contribution in [3.05, 3.63) is 24.3 Å². The lowest BCUT2D eigenvalue weighted by Crippen LogP contribution is -2.40. The van der Waals surface area contributed by atoms with Crippen LogP contribution in [0.3, 0.4) is 0 Å². The van der Waals surface area contributed by atoms with Crippen LogP contribution in [0.25, 0.3) is 0 Å².